The molecule has 17 heavy (non-hydrogen) atoms. The number of aromatic amines is 1. The van der Waals surface area contributed by atoms with Gasteiger partial charge in [-0.2, -0.15) is 0 Å². The van der Waals surface area contributed by atoms with E-state index in [-0.39, 0.29) is 6.61 Å². The molecule has 1 fully saturated rings. The van der Waals surface area contributed by atoms with E-state index in [4.69, 9.17) is 12.2 Å². The Kier molecular flexibility index (Phi) is 4.40. The van der Waals surface area contributed by atoms with Gasteiger partial charge in [0.15, 0.2) is 4.77 Å². The Labute approximate surface area is 108 Å². The van der Waals surface area contributed by atoms with Crippen molar-refractivity contribution in [2.24, 2.45) is 5.92 Å². The molecule has 1 aromatic heterocycles. The molecule has 1 aromatic rings. The minimum Gasteiger partial charge on any atom is -0.390 e. The minimum atomic E-state index is 0.0715. The maximum Gasteiger partial charge on any atom is 0.177 e. The fraction of sp³-hybridized carbons (Fsp3) is 0.769. The van der Waals surface area contributed by atoms with Crippen LogP contribution in [0.5, 0.6) is 0 Å². The Morgan fingerprint density at radius 1 is 1.41 bits per heavy atom. The quantitative estimate of drug-likeness (QED) is 0.806. The van der Waals surface area contributed by atoms with Crippen LogP contribution in [-0.4, -0.2) is 14.7 Å². The van der Waals surface area contributed by atoms with Crippen molar-refractivity contribution in [3.8, 4) is 0 Å². The normalized spacial score (nSPS) is 25.1. The van der Waals surface area contributed by atoms with E-state index in [0.717, 1.165) is 16.4 Å². The lowest BCUT2D eigenvalue weighted by Gasteiger charge is -2.30. The average molecular weight is 254 g/mol. The zero-order chi connectivity index (χ0) is 12.3. The molecule has 4 heteroatoms. The van der Waals surface area contributed by atoms with Crippen LogP contribution in [0.25, 0.3) is 0 Å². The van der Waals surface area contributed by atoms with Crippen LogP contribution in [0.2, 0.25) is 0 Å². The molecule has 1 aliphatic rings. The number of hydrogen-bond acceptors (Lipinski definition) is 2. The fourth-order valence-electron chi connectivity index (χ4n) is 3.04. The fourth-order valence-corrected chi connectivity index (χ4v) is 3.36. The van der Waals surface area contributed by atoms with E-state index in [2.05, 4.69) is 16.5 Å². The van der Waals surface area contributed by atoms with Crippen LogP contribution < -0.4 is 0 Å². The lowest BCUT2D eigenvalue weighted by atomic mass is 9.83. The molecule has 1 aliphatic carbocycles. The van der Waals surface area contributed by atoms with Crippen molar-refractivity contribution >= 4 is 12.2 Å². The highest BCUT2D eigenvalue weighted by atomic mass is 32.1. The predicted molar refractivity (Wildman–Crippen MR) is 71.4 cm³/mol. The summed E-state index contributed by atoms with van der Waals surface area (Å²) in [6, 6.07) is 0.490. The van der Waals surface area contributed by atoms with Crippen LogP contribution in [-0.2, 0) is 6.61 Å². The molecule has 0 aliphatic heterocycles. The van der Waals surface area contributed by atoms with Gasteiger partial charge < -0.3 is 14.7 Å². The lowest BCUT2D eigenvalue weighted by Crippen LogP contribution is -2.19. The molecule has 3 nitrogen and oxygen atoms in total. The topological polar surface area (TPSA) is 41.0 Å². The van der Waals surface area contributed by atoms with E-state index in [1.807, 2.05) is 6.20 Å². The van der Waals surface area contributed by atoms with Crippen LogP contribution in [0.15, 0.2) is 6.20 Å². The number of nitrogens with one attached hydrogen (secondary N) is 1. The lowest BCUT2D eigenvalue weighted by molar-refractivity contribution is 0.233. The van der Waals surface area contributed by atoms with Gasteiger partial charge in [0.25, 0.3) is 0 Å². The van der Waals surface area contributed by atoms with Gasteiger partial charge in [0, 0.05) is 12.2 Å². The number of aliphatic hydroxyl groups is 1. The Balaban J connectivity index is 2.05. The molecule has 0 spiro atoms. The molecule has 2 N–H and O–H groups in total. The summed E-state index contributed by atoms with van der Waals surface area (Å²) in [4.78, 5) is 3.04. The second-order valence-electron chi connectivity index (χ2n) is 5.08. The largest absolute Gasteiger partial charge is 0.390 e. The second kappa shape index (κ2) is 5.83. The minimum absolute atomic E-state index is 0.0715. The molecule has 1 saturated carbocycles. The molecule has 96 valence electrons. The van der Waals surface area contributed by atoms with E-state index in [1.165, 1.54) is 38.5 Å². The van der Waals surface area contributed by atoms with Gasteiger partial charge in [0.2, 0.25) is 0 Å². The average Bonchev–Trinajstić information content (AvgIpc) is 2.72. The highest BCUT2D eigenvalue weighted by Gasteiger charge is 2.23. The molecule has 0 bridgehead atoms. The summed E-state index contributed by atoms with van der Waals surface area (Å²) in [6.07, 6.45) is 9.49. The number of aromatic nitrogens is 2. The summed E-state index contributed by atoms with van der Waals surface area (Å²) in [6.45, 7) is 2.33. The number of rotatable bonds is 4. The van der Waals surface area contributed by atoms with Gasteiger partial charge in [-0.1, -0.05) is 19.8 Å². The highest BCUT2D eigenvalue weighted by molar-refractivity contribution is 7.71. The molecule has 1 heterocycles. The third kappa shape index (κ3) is 2.80. The van der Waals surface area contributed by atoms with Crippen LogP contribution in [0.4, 0.5) is 0 Å². The Bertz CT molecular complexity index is 402. The second-order valence-corrected chi connectivity index (χ2v) is 5.46. The van der Waals surface area contributed by atoms with Gasteiger partial charge in [0.05, 0.1) is 12.3 Å². The summed E-state index contributed by atoms with van der Waals surface area (Å²) < 4.78 is 2.88. The van der Waals surface area contributed by atoms with E-state index < -0.39 is 0 Å². The molecule has 0 aromatic carbocycles. The van der Waals surface area contributed by atoms with Crippen molar-refractivity contribution in [3.63, 3.8) is 0 Å². The highest BCUT2D eigenvalue weighted by Crippen LogP contribution is 2.35. The molecule has 0 atom stereocenters. The first-order valence-corrected chi connectivity index (χ1v) is 7.06. The zero-order valence-corrected chi connectivity index (χ0v) is 11.3. The number of hydrogen-bond donors (Lipinski definition) is 2. The Morgan fingerprint density at radius 2 is 2.12 bits per heavy atom. The molecule has 0 unspecified atom stereocenters. The molecule has 0 saturated heterocycles. The van der Waals surface area contributed by atoms with Gasteiger partial charge in [-0.3, -0.25) is 0 Å². The summed E-state index contributed by atoms with van der Waals surface area (Å²) in [5.74, 6) is 0.905. The maximum atomic E-state index is 9.31. The van der Waals surface area contributed by atoms with E-state index in [1.54, 1.807) is 0 Å². The summed E-state index contributed by atoms with van der Waals surface area (Å²) in [5, 5.41) is 9.31. The Hall–Kier alpha value is -0.610. The van der Waals surface area contributed by atoms with Crippen LogP contribution in [0.3, 0.4) is 0 Å². The van der Waals surface area contributed by atoms with Crippen molar-refractivity contribution in [2.45, 2.75) is 58.1 Å². The van der Waals surface area contributed by atoms with Gasteiger partial charge in [-0.05, 0) is 43.8 Å². The summed E-state index contributed by atoms with van der Waals surface area (Å²) >= 11 is 5.30. The van der Waals surface area contributed by atoms with Crippen LogP contribution >= 0.6 is 12.2 Å². The first kappa shape index (κ1) is 12.8. The first-order valence-electron chi connectivity index (χ1n) is 6.66. The van der Waals surface area contributed by atoms with Crippen LogP contribution in [0, 0.1) is 10.7 Å². The molecular formula is C13H22N2OS. The zero-order valence-electron chi connectivity index (χ0n) is 10.5. The van der Waals surface area contributed by atoms with Gasteiger partial charge in [-0.15, -0.1) is 0 Å². The molecular weight excluding hydrogens is 232 g/mol. The summed E-state index contributed by atoms with van der Waals surface area (Å²) in [7, 11) is 0. The number of H-pyrrole nitrogens is 1. The van der Waals surface area contributed by atoms with Crippen LogP contribution in [0.1, 0.15) is 57.2 Å². The predicted octanol–water partition coefficient (Wildman–Crippen LogP) is 3.57. The molecule has 2 rings (SSSR count). The standard InChI is InChI=1S/C13H22N2OS/c1-2-3-10-4-6-11(7-5-10)15-12(9-16)8-14-13(15)17/h8,10-11,16H,2-7,9H2,1H3,(H,14,17). The van der Waals surface area contributed by atoms with Crippen molar-refractivity contribution in [2.75, 3.05) is 0 Å². The number of aliphatic hydroxyl groups excluding tert-OH is 1. The number of imidazole rings is 1. The van der Waals surface area contributed by atoms with E-state index in [0.29, 0.717) is 6.04 Å². The molecule has 0 amide bonds. The monoisotopic (exact) mass is 254 g/mol. The molecule has 0 radical (unpaired) electrons. The van der Waals surface area contributed by atoms with Crippen molar-refractivity contribution in [1.29, 1.82) is 0 Å². The van der Waals surface area contributed by atoms with Crippen molar-refractivity contribution < 1.29 is 5.11 Å². The van der Waals surface area contributed by atoms with Crippen molar-refractivity contribution in [1.82, 2.24) is 9.55 Å². The smallest absolute Gasteiger partial charge is 0.177 e. The SMILES string of the molecule is CCCC1CCC(n2c(CO)c[nH]c2=S)CC1. The van der Waals surface area contributed by atoms with Gasteiger partial charge >= 0.3 is 0 Å². The third-order valence-electron chi connectivity index (χ3n) is 3.93. The van der Waals surface area contributed by atoms with E-state index in [9.17, 15) is 5.11 Å². The first-order chi connectivity index (χ1) is 8.26. The van der Waals surface area contributed by atoms with Gasteiger partial charge in [-0.25, -0.2) is 0 Å². The van der Waals surface area contributed by atoms with E-state index >= 15 is 0 Å². The number of nitrogens with zero attached hydrogens (tertiary/aromatic N) is 1. The third-order valence-corrected chi connectivity index (χ3v) is 4.25. The van der Waals surface area contributed by atoms with Crippen molar-refractivity contribution in [3.05, 3.63) is 16.7 Å². The Morgan fingerprint density at radius 3 is 2.71 bits per heavy atom. The van der Waals surface area contributed by atoms with Gasteiger partial charge in [0.1, 0.15) is 0 Å². The summed E-state index contributed by atoms with van der Waals surface area (Å²) in [5.41, 5.74) is 0.925. The maximum absolute atomic E-state index is 9.31.